The van der Waals surface area contributed by atoms with Gasteiger partial charge in [0, 0.05) is 12.8 Å². The Bertz CT molecular complexity index is 329. The zero-order chi connectivity index (χ0) is 12.1. The predicted octanol–water partition coefficient (Wildman–Crippen LogP) is 2.75. The quantitative estimate of drug-likeness (QED) is 0.738. The van der Waals surface area contributed by atoms with Crippen LogP contribution in [0.2, 0.25) is 0 Å². The first-order valence-corrected chi connectivity index (χ1v) is 6.82. The predicted molar refractivity (Wildman–Crippen MR) is 67.0 cm³/mol. The molecule has 1 fully saturated rings. The summed E-state index contributed by atoms with van der Waals surface area (Å²) in [5.41, 5.74) is 0. The number of nitrogens with zero attached hydrogens (tertiary/aromatic N) is 3. The number of piperidine rings is 1. The number of aromatic nitrogens is 2. The number of unbranched alkanes of at least 4 members (excludes halogenated alkanes) is 2. The number of hydrogen-bond acceptors (Lipinski definition) is 4. The average molecular weight is 237 g/mol. The van der Waals surface area contributed by atoms with Crippen LogP contribution in [0.5, 0.6) is 0 Å². The molecule has 0 saturated carbocycles. The minimum Gasteiger partial charge on any atom is -0.340 e. The van der Waals surface area contributed by atoms with Crippen LogP contribution in [-0.4, -0.2) is 34.7 Å². The largest absolute Gasteiger partial charge is 0.340 e. The Kier molecular flexibility index (Phi) is 4.54. The Hall–Kier alpha value is -0.900. The molecule has 2 rings (SSSR count). The van der Waals surface area contributed by atoms with Crippen LogP contribution < -0.4 is 0 Å². The molecule has 0 atom stereocenters. The van der Waals surface area contributed by atoms with Crippen LogP contribution in [0.4, 0.5) is 0 Å². The van der Waals surface area contributed by atoms with Crippen molar-refractivity contribution in [3.05, 3.63) is 11.7 Å². The third kappa shape index (κ3) is 3.53. The van der Waals surface area contributed by atoms with Gasteiger partial charge < -0.3 is 9.42 Å². The van der Waals surface area contributed by atoms with E-state index >= 15 is 0 Å². The Morgan fingerprint density at radius 1 is 1.29 bits per heavy atom. The van der Waals surface area contributed by atoms with Gasteiger partial charge in [0.25, 0.3) is 0 Å². The number of aryl methyl sites for hydroxylation is 1. The Morgan fingerprint density at radius 3 is 2.65 bits per heavy atom. The molecule has 96 valence electrons. The molecule has 0 radical (unpaired) electrons. The lowest BCUT2D eigenvalue weighted by Gasteiger charge is -2.30. The van der Waals surface area contributed by atoms with Crippen LogP contribution in [0, 0.1) is 6.92 Å². The van der Waals surface area contributed by atoms with E-state index in [2.05, 4.69) is 22.0 Å². The molecule has 1 saturated heterocycles. The summed E-state index contributed by atoms with van der Waals surface area (Å²) in [7, 11) is 0. The van der Waals surface area contributed by atoms with Crippen molar-refractivity contribution in [2.45, 2.75) is 51.9 Å². The highest BCUT2D eigenvalue weighted by Gasteiger charge is 2.23. The molecule has 0 amide bonds. The van der Waals surface area contributed by atoms with Crippen LogP contribution in [-0.2, 0) is 0 Å². The standard InChI is InChI=1S/C13H23N3O/c1-3-4-5-8-16-9-6-12(7-10-16)13-14-11(2)17-15-13/h12H,3-10H2,1-2H3. The van der Waals surface area contributed by atoms with Gasteiger partial charge in [-0.15, -0.1) is 0 Å². The Balaban J connectivity index is 1.74. The van der Waals surface area contributed by atoms with Crippen molar-refractivity contribution in [2.24, 2.45) is 0 Å². The summed E-state index contributed by atoms with van der Waals surface area (Å²) in [5.74, 6) is 2.11. The van der Waals surface area contributed by atoms with Crippen molar-refractivity contribution in [2.75, 3.05) is 19.6 Å². The van der Waals surface area contributed by atoms with Gasteiger partial charge in [-0.1, -0.05) is 24.9 Å². The zero-order valence-corrected chi connectivity index (χ0v) is 11.0. The van der Waals surface area contributed by atoms with Crippen molar-refractivity contribution in [1.29, 1.82) is 0 Å². The van der Waals surface area contributed by atoms with Crippen LogP contribution in [0.25, 0.3) is 0 Å². The normalized spacial score (nSPS) is 18.7. The maximum atomic E-state index is 5.05. The van der Waals surface area contributed by atoms with Crippen molar-refractivity contribution in [1.82, 2.24) is 15.0 Å². The van der Waals surface area contributed by atoms with Gasteiger partial charge in [-0.05, 0) is 38.9 Å². The molecule has 1 aromatic rings. The summed E-state index contributed by atoms with van der Waals surface area (Å²) < 4.78 is 5.05. The van der Waals surface area contributed by atoms with Crippen molar-refractivity contribution in [3.63, 3.8) is 0 Å². The molecule has 0 aliphatic carbocycles. The molecular weight excluding hydrogens is 214 g/mol. The lowest BCUT2D eigenvalue weighted by Crippen LogP contribution is -2.33. The summed E-state index contributed by atoms with van der Waals surface area (Å²) in [4.78, 5) is 6.91. The van der Waals surface area contributed by atoms with E-state index in [0.717, 1.165) is 5.82 Å². The molecule has 17 heavy (non-hydrogen) atoms. The zero-order valence-electron chi connectivity index (χ0n) is 11.0. The lowest BCUT2D eigenvalue weighted by atomic mass is 9.96. The van der Waals surface area contributed by atoms with Crippen LogP contribution in [0.15, 0.2) is 4.52 Å². The number of likely N-dealkylation sites (tertiary alicyclic amines) is 1. The molecular formula is C13H23N3O. The maximum Gasteiger partial charge on any atom is 0.223 e. The van der Waals surface area contributed by atoms with Gasteiger partial charge in [-0.25, -0.2) is 0 Å². The highest BCUT2D eigenvalue weighted by molar-refractivity contribution is 4.97. The third-order valence-corrected chi connectivity index (χ3v) is 3.57. The SMILES string of the molecule is CCCCCN1CCC(c2noc(C)n2)CC1. The maximum absolute atomic E-state index is 5.05. The summed E-state index contributed by atoms with van der Waals surface area (Å²) >= 11 is 0. The summed E-state index contributed by atoms with van der Waals surface area (Å²) in [6.07, 6.45) is 6.33. The number of rotatable bonds is 5. The van der Waals surface area contributed by atoms with Gasteiger partial charge in [-0.2, -0.15) is 4.98 Å². The van der Waals surface area contributed by atoms with Crippen LogP contribution in [0.1, 0.15) is 56.7 Å². The second kappa shape index (κ2) is 6.15. The van der Waals surface area contributed by atoms with E-state index in [-0.39, 0.29) is 0 Å². The summed E-state index contributed by atoms with van der Waals surface area (Å²) in [6, 6.07) is 0. The average Bonchev–Trinajstić information content (AvgIpc) is 2.77. The van der Waals surface area contributed by atoms with E-state index in [1.54, 1.807) is 0 Å². The molecule has 1 aromatic heterocycles. The molecule has 1 aliphatic heterocycles. The minimum atomic E-state index is 0.509. The van der Waals surface area contributed by atoms with E-state index in [1.807, 2.05) is 6.92 Å². The van der Waals surface area contributed by atoms with Crippen LogP contribution >= 0.6 is 0 Å². The van der Waals surface area contributed by atoms with Gasteiger partial charge in [0.15, 0.2) is 5.82 Å². The van der Waals surface area contributed by atoms with E-state index in [0.29, 0.717) is 11.8 Å². The fraction of sp³-hybridized carbons (Fsp3) is 0.846. The molecule has 0 bridgehead atoms. The Morgan fingerprint density at radius 2 is 2.06 bits per heavy atom. The second-order valence-corrected chi connectivity index (χ2v) is 4.99. The summed E-state index contributed by atoms with van der Waals surface area (Å²) in [6.45, 7) is 7.73. The summed E-state index contributed by atoms with van der Waals surface area (Å²) in [5, 5.41) is 4.04. The van der Waals surface area contributed by atoms with Gasteiger partial charge in [0.05, 0.1) is 0 Å². The van der Waals surface area contributed by atoms with Crippen molar-refractivity contribution in [3.8, 4) is 0 Å². The first kappa shape index (κ1) is 12.6. The van der Waals surface area contributed by atoms with Gasteiger partial charge in [-0.3, -0.25) is 0 Å². The second-order valence-electron chi connectivity index (χ2n) is 4.99. The molecule has 4 heteroatoms. The third-order valence-electron chi connectivity index (χ3n) is 3.57. The van der Waals surface area contributed by atoms with Gasteiger partial charge >= 0.3 is 0 Å². The molecule has 0 aromatic carbocycles. The highest BCUT2D eigenvalue weighted by atomic mass is 16.5. The molecule has 0 unspecified atom stereocenters. The van der Waals surface area contributed by atoms with E-state index in [4.69, 9.17) is 4.52 Å². The fourth-order valence-electron chi connectivity index (χ4n) is 2.48. The number of hydrogen-bond donors (Lipinski definition) is 0. The van der Waals surface area contributed by atoms with E-state index in [9.17, 15) is 0 Å². The molecule has 0 spiro atoms. The lowest BCUT2D eigenvalue weighted by molar-refractivity contribution is 0.204. The van der Waals surface area contributed by atoms with Crippen LogP contribution in [0.3, 0.4) is 0 Å². The topological polar surface area (TPSA) is 42.2 Å². The first-order valence-electron chi connectivity index (χ1n) is 6.82. The first-order chi connectivity index (χ1) is 8.29. The van der Waals surface area contributed by atoms with Crippen molar-refractivity contribution >= 4 is 0 Å². The smallest absolute Gasteiger partial charge is 0.223 e. The van der Waals surface area contributed by atoms with Gasteiger partial charge in [0.1, 0.15) is 0 Å². The molecule has 2 heterocycles. The fourth-order valence-corrected chi connectivity index (χ4v) is 2.48. The minimum absolute atomic E-state index is 0.509. The highest BCUT2D eigenvalue weighted by Crippen LogP contribution is 2.25. The molecule has 4 nitrogen and oxygen atoms in total. The Labute approximate surface area is 103 Å². The molecule has 0 N–H and O–H groups in total. The van der Waals surface area contributed by atoms with E-state index < -0.39 is 0 Å². The van der Waals surface area contributed by atoms with E-state index in [1.165, 1.54) is 51.7 Å². The van der Waals surface area contributed by atoms with Crippen molar-refractivity contribution < 1.29 is 4.52 Å². The van der Waals surface area contributed by atoms with Gasteiger partial charge in [0.2, 0.25) is 5.89 Å². The monoisotopic (exact) mass is 237 g/mol. The molecule has 1 aliphatic rings.